The van der Waals surface area contributed by atoms with Gasteiger partial charge in [-0.25, -0.2) is 0 Å². The van der Waals surface area contributed by atoms with Crippen LogP contribution in [0, 0.1) is 23.7 Å². The Bertz CT molecular complexity index is 1280. The van der Waals surface area contributed by atoms with Crippen molar-refractivity contribution >= 4 is 34.2 Å². The molecule has 5 atom stereocenters. The summed E-state index contributed by atoms with van der Waals surface area (Å²) < 4.78 is 0. The molecular weight excluding hydrogens is 424 g/mol. The van der Waals surface area contributed by atoms with Gasteiger partial charge in [-0.3, -0.25) is 19.3 Å². The summed E-state index contributed by atoms with van der Waals surface area (Å²) in [7, 11) is 0. The van der Waals surface area contributed by atoms with Crippen molar-refractivity contribution in [1.29, 1.82) is 0 Å². The lowest BCUT2D eigenvalue weighted by atomic mass is 9.63. The first-order valence-electron chi connectivity index (χ1n) is 12.0. The highest BCUT2D eigenvalue weighted by Gasteiger charge is 2.58. The molecule has 0 radical (unpaired) electrons. The SMILES string of the molecule is O=C(C[C@H](c1ccccc1)N1C(=O)[C@@H]2[C@H](C1=O)[C@H]1C=C[C@H]2CC1)Nc1cccc2ccccc12. The molecule has 3 aliphatic carbocycles. The fourth-order valence-electron chi connectivity index (χ4n) is 6.15. The molecule has 0 unspecified atom stereocenters. The highest BCUT2D eigenvalue weighted by atomic mass is 16.2. The van der Waals surface area contributed by atoms with Crippen molar-refractivity contribution in [3.63, 3.8) is 0 Å². The van der Waals surface area contributed by atoms with Crippen molar-refractivity contribution in [2.45, 2.75) is 25.3 Å². The number of benzene rings is 3. The smallest absolute Gasteiger partial charge is 0.234 e. The first-order valence-corrected chi connectivity index (χ1v) is 12.0. The van der Waals surface area contributed by atoms with Crippen molar-refractivity contribution in [3.8, 4) is 0 Å². The van der Waals surface area contributed by atoms with Crippen LogP contribution >= 0.6 is 0 Å². The van der Waals surface area contributed by atoms with E-state index in [1.807, 2.05) is 72.8 Å². The standard InChI is InChI=1S/C29H26N2O3/c32-25(30-23-12-6-10-18-7-4-5-11-22(18)23)17-24(19-8-2-1-3-9-19)31-28(33)26-20-13-14-21(16-15-20)27(26)29(31)34/h1-14,20-21,24,26-27H,15-17H2,(H,30,32)/t20-,21-,24+,26-,27+/m0/s1. The monoisotopic (exact) mass is 450 g/mol. The van der Waals surface area contributed by atoms with Crippen molar-refractivity contribution in [3.05, 3.63) is 90.5 Å². The van der Waals surface area contributed by atoms with Gasteiger partial charge in [0.15, 0.2) is 0 Å². The van der Waals surface area contributed by atoms with Crippen LogP contribution in [0.5, 0.6) is 0 Å². The molecule has 2 fully saturated rings. The average Bonchev–Trinajstić information content (AvgIpc) is 3.16. The predicted octanol–water partition coefficient (Wildman–Crippen LogP) is 5.11. The Balaban J connectivity index is 1.31. The van der Waals surface area contributed by atoms with E-state index in [1.54, 1.807) is 0 Å². The zero-order valence-electron chi connectivity index (χ0n) is 18.8. The number of rotatable bonds is 5. The maximum absolute atomic E-state index is 13.6. The van der Waals surface area contributed by atoms with Crippen LogP contribution in [-0.2, 0) is 14.4 Å². The van der Waals surface area contributed by atoms with E-state index in [9.17, 15) is 14.4 Å². The largest absolute Gasteiger partial charge is 0.325 e. The molecule has 3 aromatic rings. The first-order chi connectivity index (χ1) is 16.6. The van der Waals surface area contributed by atoms with Gasteiger partial charge in [0.25, 0.3) is 0 Å². The summed E-state index contributed by atoms with van der Waals surface area (Å²) in [6.45, 7) is 0. The fraction of sp³-hybridized carbons (Fsp3) is 0.276. The van der Waals surface area contributed by atoms with Gasteiger partial charge in [0.1, 0.15) is 0 Å². The van der Waals surface area contributed by atoms with Crippen LogP contribution in [-0.4, -0.2) is 22.6 Å². The quantitative estimate of drug-likeness (QED) is 0.434. The predicted molar refractivity (Wildman–Crippen MR) is 131 cm³/mol. The third-order valence-electron chi connectivity index (χ3n) is 7.73. The van der Waals surface area contributed by atoms with Crippen LogP contribution < -0.4 is 5.32 Å². The molecule has 5 heteroatoms. The Morgan fingerprint density at radius 2 is 1.44 bits per heavy atom. The van der Waals surface area contributed by atoms with E-state index in [1.165, 1.54) is 4.90 Å². The number of amides is 3. The summed E-state index contributed by atoms with van der Waals surface area (Å²) in [6, 6.07) is 22.5. The number of nitrogens with zero attached hydrogens (tertiary/aromatic N) is 1. The molecule has 5 nitrogen and oxygen atoms in total. The Labute approximate surface area is 198 Å². The Morgan fingerprint density at radius 1 is 0.824 bits per heavy atom. The van der Waals surface area contributed by atoms with Gasteiger partial charge >= 0.3 is 0 Å². The zero-order valence-corrected chi connectivity index (χ0v) is 18.8. The summed E-state index contributed by atoms with van der Waals surface area (Å²) in [5.74, 6) is -0.801. The second kappa shape index (κ2) is 8.24. The number of likely N-dealkylation sites (tertiary alicyclic amines) is 1. The van der Waals surface area contributed by atoms with E-state index in [-0.39, 0.29) is 47.8 Å². The molecule has 0 aromatic heterocycles. The molecule has 1 saturated heterocycles. The number of hydrogen-bond donors (Lipinski definition) is 1. The molecule has 1 saturated carbocycles. The molecule has 170 valence electrons. The minimum atomic E-state index is -0.624. The molecule has 3 amide bonds. The number of hydrogen-bond acceptors (Lipinski definition) is 3. The van der Waals surface area contributed by atoms with Crippen molar-refractivity contribution < 1.29 is 14.4 Å². The van der Waals surface area contributed by atoms with Crippen LogP contribution in [0.2, 0.25) is 0 Å². The van der Waals surface area contributed by atoms with Gasteiger partial charge in [-0.1, -0.05) is 78.9 Å². The number of nitrogens with one attached hydrogen (secondary N) is 1. The van der Waals surface area contributed by atoms with Crippen LogP contribution in [0.15, 0.2) is 84.9 Å². The normalized spacial score (nSPS) is 26.1. The van der Waals surface area contributed by atoms with Crippen LogP contribution in [0.1, 0.15) is 30.9 Å². The molecule has 3 aromatic carbocycles. The molecule has 1 N–H and O–H groups in total. The Hall–Kier alpha value is -3.73. The number of fused-ring (bicyclic) bond motifs is 2. The number of allylic oxidation sites excluding steroid dienone is 2. The van der Waals surface area contributed by atoms with Gasteiger partial charge in [0, 0.05) is 11.1 Å². The lowest BCUT2D eigenvalue weighted by Crippen LogP contribution is -2.38. The minimum absolute atomic E-state index is 0.0208. The summed E-state index contributed by atoms with van der Waals surface area (Å²) in [4.78, 5) is 41.9. The third kappa shape index (κ3) is 3.35. The molecule has 4 aliphatic rings. The van der Waals surface area contributed by atoms with E-state index < -0.39 is 6.04 Å². The minimum Gasteiger partial charge on any atom is -0.325 e. The van der Waals surface area contributed by atoms with Gasteiger partial charge in [0.05, 0.1) is 24.3 Å². The van der Waals surface area contributed by atoms with E-state index in [0.29, 0.717) is 0 Å². The van der Waals surface area contributed by atoms with E-state index in [2.05, 4.69) is 17.5 Å². The first kappa shape index (κ1) is 20.8. The van der Waals surface area contributed by atoms with Crippen molar-refractivity contribution in [2.75, 3.05) is 5.32 Å². The Kier molecular flexibility index (Phi) is 5.05. The second-order valence-electron chi connectivity index (χ2n) is 9.59. The molecule has 7 rings (SSSR count). The van der Waals surface area contributed by atoms with Gasteiger partial charge in [0.2, 0.25) is 17.7 Å². The van der Waals surface area contributed by atoms with Gasteiger partial charge in [-0.05, 0) is 41.7 Å². The highest BCUT2D eigenvalue weighted by Crippen LogP contribution is 2.51. The number of anilines is 1. The highest BCUT2D eigenvalue weighted by molar-refractivity contribution is 6.07. The maximum Gasteiger partial charge on any atom is 0.234 e. The zero-order chi connectivity index (χ0) is 23.2. The number of carbonyl (C=O) groups excluding carboxylic acids is 3. The van der Waals surface area contributed by atoms with Crippen molar-refractivity contribution in [2.24, 2.45) is 23.7 Å². The van der Waals surface area contributed by atoms with Crippen molar-refractivity contribution in [1.82, 2.24) is 4.90 Å². The van der Waals surface area contributed by atoms with Crippen LogP contribution in [0.3, 0.4) is 0 Å². The number of imide groups is 1. The summed E-state index contributed by atoms with van der Waals surface area (Å²) in [5.41, 5.74) is 1.53. The maximum atomic E-state index is 13.6. The summed E-state index contributed by atoms with van der Waals surface area (Å²) >= 11 is 0. The van der Waals surface area contributed by atoms with E-state index >= 15 is 0 Å². The molecule has 1 aliphatic heterocycles. The third-order valence-corrected chi connectivity index (χ3v) is 7.73. The molecule has 2 bridgehead atoms. The lowest BCUT2D eigenvalue weighted by Gasteiger charge is -2.38. The molecule has 1 heterocycles. The summed E-state index contributed by atoms with van der Waals surface area (Å²) in [5, 5.41) is 5.02. The topological polar surface area (TPSA) is 66.5 Å². The van der Waals surface area contributed by atoms with Gasteiger partial charge in [-0.2, -0.15) is 0 Å². The van der Waals surface area contributed by atoms with E-state index in [0.717, 1.165) is 34.9 Å². The van der Waals surface area contributed by atoms with Gasteiger partial charge < -0.3 is 5.32 Å². The lowest BCUT2D eigenvalue weighted by molar-refractivity contribution is -0.143. The summed E-state index contributed by atoms with van der Waals surface area (Å²) in [6.07, 6.45) is 6.16. The second-order valence-corrected chi connectivity index (χ2v) is 9.59. The fourth-order valence-corrected chi connectivity index (χ4v) is 6.15. The Morgan fingerprint density at radius 3 is 2.12 bits per heavy atom. The molecule has 0 spiro atoms. The average molecular weight is 451 g/mol. The van der Waals surface area contributed by atoms with Crippen LogP contribution in [0.4, 0.5) is 5.69 Å². The number of carbonyl (C=O) groups is 3. The van der Waals surface area contributed by atoms with Gasteiger partial charge in [-0.15, -0.1) is 0 Å². The molecule has 34 heavy (non-hydrogen) atoms. The van der Waals surface area contributed by atoms with E-state index in [4.69, 9.17) is 0 Å². The molecular formula is C29H26N2O3. The van der Waals surface area contributed by atoms with Crippen LogP contribution in [0.25, 0.3) is 10.8 Å².